The number of hydrogen-bond acceptors (Lipinski definition) is 3. The molecule has 2 aromatic rings. The Morgan fingerprint density at radius 3 is 2.71 bits per heavy atom. The Balaban J connectivity index is 2.25. The molecule has 0 saturated carbocycles. The molecule has 5 heteroatoms. The van der Waals surface area contributed by atoms with E-state index in [1.165, 1.54) is 0 Å². The Bertz CT molecular complexity index is 626. The van der Waals surface area contributed by atoms with E-state index in [4.69, 9.17) is 17.0 Å². The molecule has 1 aromatic heterocycles. The van der Waals surface area contributed by atoms with Crippen LogP contribution in [-0.2, 0) is 0 Å². The average molecular weight is 303 g/mol. The maximum absolute atomic E-state index is 5.40. The smallest absolute Gasteiger partial charge is 0.171 e. The third-order valence-electron chi connectivity index (χ3n) is 3.52. The van der Waals surface area contributed by atoms with Crippen molar-refractivity contribution in [2.75, 3.05) is 12.4 Å². The van der Waals surface area contributed by atoms with Gasteiger partial charge in [-0.25, -0.2) is 0 Å². The molecule has 1 heterocycles. The first-order chi connectivity index (χ1) is 10.2. The van der Waals surface area contributed by atoms with Crippen molar-refractivity contribution in [2.24, 2.45) is 0 Å². The second-order valence-electron chi connectivity index (χ2n) is 4.83. The van der Waals surface area contributed by atoms with E-state index in [0.29, 0.717) is 11.2 Å². The van der Waals surface area contributed by atoms with Crippen LogP contribution in [0.25, 0.3) is 10.9 Å². The Kier molecular flexibility index (Phi) is 5.33. The summed E-state index contributed by atoms with van der Waals surface area (Å²) in [5.41, 5.74) is 1.76. The lowest BCUT2D eigenvalue weighted by Crippen LogP contribution is -2.36. The van der Waals surface area contributed by atoms with Crippen molar-refractivity contribution in [2.45, 2.75) is 32.7 Å². The van der Waals surface area contributed by atoms with Gasteiger partial charge in [0.1, 0.15) is 11.3 Å². The minimum absolute atomic E-state index is 0.396. The molecule has 0 atom stereocenters. The van der Waals surface area contributed by atoms with Crippen LogP contribution in [0.1, 0.15) is 26.7 Å². The molecule has 0 aliphatic carbocycles. The predicted molar refractivity (Wildman–Crippen MR) is 92.0 cm³/mol. The van der Waals surface area contributed by atoms with Gasteiger partial charge in [-0.3, -0.25) is 4.98 Å². The molecule has 112 valence electrons. The number of aromatic nitrogens is 1. The summed E-state index contributed by atoms with van der Waals surface area (Å²) < 4.78 is 5.35. The first-order valence-corrected chi connectivity index (χ1v) is 7.59. The number of benzene rings is 1. The lowest BCUT2D eigenvalue weighted by molar-refractivity contribution is 0.419. The van der Waals surface area contributed by atoms with Gasteiger partial charge < -0.3 is 15.4 Å². The number of pyridine rings is 1. The van der Waals surface area contributed by atoms with Crippen molar-refractivity contribution in [3.63, 3.8) is 0 Å². The number of fused-ring (bicyclic) bond motifs is 1. The summed E-state index contributed by atoms with van der Waals surface area (Å²) in [5, 5.41) is 8.22. The van der Waals surface area contributed by atoms with Gasteiger partial charge in [-0.05, 0) is 49.3 Å². The van der Waals surface area contributed by atoms with Crippen LogP contribution in [-0.4, -0.2) is 23.2 Å². The van der Waals surface area contributed by atoms with Gasteiger partial charge in [-0.15, -0.1) is 0 Å². The van der Waals surface area contributed by atoms with Crippen molar-refractivity contribution >= 4 is 33.9 Å². The standard InChI is InChI=1S/C16H21N3OS/c1-4-11(5-2)18-16(21)19-13-8-9-14(20-3)15-12(13)7-6-10-17-15/h6-11H,4-5H2,1-3H3,(H2,18,19,21). The van der Waals surface area contributed by atoms with E-state index in [1.807, 2.05) is 24.3 Å². The van der Waals surface area contributed by atoms with Crippen LogP contribution >= 0.6 is 12.2 Å². The van der Waals surface area contributed by atoms with Crippen LogP contribution in [0.4, 0.5) is 5.69 Å². The number of rotatable bonds is 5. The van der Waals surface area contributed by atoms with Gasteiger partial charge in [0, 0.05) is 23.3 Å². The minimum Gasteiger partial charge on any atom is -0.494 e. The number of ether oxygens (including phenoxy) is 1. The highest BCUT2D eigenvalue weighted by Gasteiger charge is 2.10. The molecule has 0 amide bonds. The molecule has 2 rings (SSSR count). The number of nitrogens with zero attached hydrogens (tertiary/aromatic N) is 1. The molecule has 0 fully saturated rings. The quantitative estimate of drug-likeness (QED) is 0.824. The molecule has 1 aromatic carbocycles. The lowest BCUT2D eigenvalue weighted by atomic mass is 10.1. The summed E-state index contributed by atoms with van der Waals surface area (Å²) >= 11 is 5.40. The van der Waals surface area contributed by atoms with Crippen LogP contribution in [0.15, 0.2) is 30.5 Å². The number of anilines is 1. The average Bonchev–Trinajstić information content (AvgIpc) is 2.53. The van der Waals surface area contributed by atoms with Gasteiger partial charge in [-0.1, -0.05) is 13.8 Å². The Hall–Kier alpha value is -1.88. The largest absolute Gasteiger partial charge is 0.494 e. The van der Waals surface area contributed by atoms with Gasteiger partial charge in [-0.2, -0.15) is 0 Å². The van der Waals surface area contributed by atoms with Gasteiger partial charge in [0.15, 0.2) is 5.11 Å². The molecular weight excluding hydrogens is 282 g/mol. The van der Waals surface area contributed by atoms with E-state index in [1.54, 1.807) is 13.3 Å². The van der Waals surface area contributed by atoms with Crippen molar-refractivity contribution < 1.29 is 4.74 Å². The highest BCUT2D eigenvalue weighted by atomic mass is 32.1. The van der Waals surface area contributed by atoms with Gasteiger partial charge in [0.25, 0.3) is 0 Å². The summed E-state index contributed by atoms with van der Waals surface area (Å²) in [6.07, 6.45) is 3.85. The van der Waals surface area contributed by atoms with Gasteiger partial charge >= 0.3 is 0 Å². The molecule has 2 N–H and O–H groups in total. The molecule has 4 nitrogen and oxygen atoms in total. The van der Waals surface area contributed by atoms with E-state index in [2.05, 4.69) is 29.5 Å². The number of methoxy groups -OCH3 is 1. The second-order valence-corrected chi connectivity index (χ2v) is 5.24. The molecule has 0 saturated heterocycles. The monoisotopic (exact) mass is 303 g/mol. The van der Waals surface area contributed by atoms with Gasteiger partial charge in [0.2, 0.25) is 0 Å². The fourth-order valence-electron chi connectivity index (χ4n) is 2.26. The number of hydrogen-bond donors (Lipinski definition) is 2. The fourth-order valence-corrected chi connectivity index (χ4v) is 2.53. The normalized spacial score (nSPS) is 10.7. The van der Waals surface area contributed by atoms with Gasteiger partial charge in [0.05, 0.1) is 7.11 Å². The zero-order chi connectivity index (χ0) is 15.2. The van der Waals surface area contributed by atoms with Crippen LogP contribution < -0.4 is 15.4 Å². The first-order valence-electron chi connectivity index (χ1n) is 7.18. The second kappa shape index (κ2) is 7.22. The van der Waals surface area contributed by atoms with Crippen molar-refractivity contribution in [3.8, 4) is 5.75 Å². The highest BCUT2D eigenvalue weighted by molar-refractivity contribution is 7.80. The van der Waals surface area contributed by atoms with Crippen LogP contribution in [0.3, 0.4) is 0 Å². The van der Waals surface area contributed by atoms with Crippen LogP contribution in [0.5, 0.6) is 5.75 Å². The SMILES string of the molecule is CCC(CC)NC(=S)Nc1ccc(OC)c2ncccc12. The number of nitrogens with one attached hydrogen (secondary N) is 2. The zero-order valence-corrected chi connectivity index (χ0v) is 13.5. The summed E-state index contributed by atoms with van der Waals surface area (Å²) in [6.45, 7) is 4.30. The third-order valence-corrected chi connectivity index (χ3v) is 3.74. The first kappa shape index (κ1) is 15.5. The zero-order valence-electron chi connectivity index (χ0n) is 12.6. The number of thiocarbonyl (C=S) groups is 1. The maximum atomic E-state index is 5.40. The topological polar surface area (TPSA) is 46.2 Å². The molecule has 0 aliphatic heterocycles. The third kappa shape index (κ3) is 3.61. The molecule has 0 spiro atoms. The summed E-state index contributed by atoms with van der Waals surface area (Å²) in [5.74, 6) is 0.759. The Morgan fingerprint density at radius 1 is 1.29 bits per heavy atom. The molecular formula is C16H21N3OS. The minimum atomic E-state index is 0.396. The van der Waals surface area contributed by atoms with E-state index < -0.39 is 0 Å². The summed E-state index contributed by atoms with van der Waals surface area (Å²) in [6, 6.07) is 8.17. The molecule has 0 aliphatic rings. The van der Waals surface area contributed by atoms with Crippen LogP contribution in [0, 0.1) is 0 Å². The Labute approximate surface area is 130 Å². The predicted octanol–water partition coefficient (Wildman–Crippen LogP) is 3.72. The van der Waals surface area contributed by atoms with Crippen molar-refractivity contribution in [1.82, 2.24) is 10.3 Å². The summed E-state index contributed by atoms with van der Waals surface area (Å²) in [4.78, 5) is 4.38. The highest BCUT2D eigenvalue weighted by Crippen LogP contribution is 2.29. The van der Waals surface area contributed by atoms with E-state index in [0.717, 1.165) is 35.2 Å². The van der Waals surface area contributed by atoms with E-state index >= 15 is 0 Å². The molecule has 0 unspecified atom stereocenters. The van der Waals surface area contributed by atoms with Crippen LogP contribution in [0.2, 0.25) is 0 Å². The maximum Gasteiger partial charge on any atom is 0.171 e. The molecule has 0 radical (unpaired) electrons. The summed E-state index contributed by atoms with van der Waals surface area (Å²) in [7, 11) is 1.65. The molecule has 21 heavy (non-hydrogen) atoms. The fraction of sp³-hybridized carbons (Fsp3) is 0.375. The lowest BCUT2D eigenvalue weighted by Gasteiger charge is -2.19. The van der Waals surface area contributed by atoms with E-state index in [9.17, 15) is 0 Å². The van der Waals surface area contributed by atoms with Crippen molar-refractivity contribution in [1.29, 1.82) is 0 Å². The molecule has 0 bridgehead atoms. The van der Waals surface area contributed by atoms with E-state index in [-0.39, 0.29) is 0 Å². The Morgan fingerprint density at radius 2 is 2.05 bits per heavy atom. The van der Waals surface area contributed by atoms with Crippen molar-refractivity contribution in [3.05, 3.63) is 30.5 Å².